The topological polar surface area (TPSA) is 134 Å². The zero-order chi connectivity index (χ0) is 33.3. The highest BCUT2D eigenvalue weighted by Crippen LogP contribution is 2.43. The molecule has 0 aliphatic carbocycles. The van der Waals surface area contributed by atoms with Gasteiger partial charge in [0.15, 0.2) is 6.10 Å². The van der Waals surface area contributed by atoms with Gasteiger partial charge >= 0.3 is 19.8 Å². The molecule has 0 bridgehead atoms. The molecule has 2 atom stereocenters. The fourth-order valence-electron chi connectivity index (χ4n) is 4.15. The number of hydrogen-bond acceptors (Lipinski definition) is 8. The molecule has 0 radical (unpaired) electrons. The first kappa shape index (κ1) is 43.0. The maximum Gasteiger partial charge on any atom is 0.472 e. The summed E-state index contributed by atoms with van der Waals surface area (Å²) >= 11 is 0. The van der Waals surface area contributed by atoms with Crippen LogP contribution < -0.4 is 5.73 Å². The Morgan fingerprint density at radius 3 is 1.78 bits per heavy atom. The molecule has 0 aliphatic rings. The van der Waals surface area contributed by atoms with Crippen LogP contribution in [-0.2, 0) is 32.7 Å². The van der Waals surface area contributed by atoms with Gasteiger partial charge < -0.3 is 20.1 Å². The molecule has 1 unspecified atom stereocenters. The summed E-state index contributed by atoms with van der Waals surface area (Å²) in [5.41, 5.74) is 5.30. The first-order valence-corrected chi connectivity index (χ1v) is 18.6. The summed E-state index contributed by atoms with van der Waals surface area (Å²) in [6.07, 6.45) is 33.1. The highest BCUT2D eigenvalue weighted by molar-refractivity contribution is 7.47. The molecule has 3 N–H and O–H groups in total. The van der Waals surface area contributed by atoms with Gasteiger partial charge in [-0.2, -0.15) is 0 Å². The molecule has 45 heavy (non-hydrogen) atoms. The van der Waals surface area contributed by atoms with E-state index in [-0.39, 0.29) is 32.6 Å². The quantitative estimate of drug-likeness (QED) is 0.0325. The van der Waals surface area contributed by atoms with Crippen molar-refractivity contribution in [2.75, 3.05) is 26.4 Å². The fourth-order valence-corrected chi connectivity index (χ4v) is 4.92. The number of phosphoric acid groups is 1. The molecule has 0 aromatic heterocycles. The molecule has 0 rings (SSSR count). The van der Waals surface area contributed by atoms with Crippen molar-refractivity contribution < 1.29 is 37.6 Å². The van der Waals surface area contributed by atoms with E-state index in [9.17, 15) is 19.0 Å². The molecule has 0 heterocycles. The van der Waals surface area contributed by atoms with Gasteiger partial charge in [-0.3, -0.25) is 18.6 Å². The summed E-state index contributed by atoms with van der Waals surface area (Å²) in [6, 6.07) is 0. The Bertz CT molecular complexity index is 887. The van der Waals surface area contributed by atoms with Crippen LogP contribution in [0.25, 0.3) is 0 Å². The van der Waals surface area contributed by atoms with Gasteiger partial charge in [-0.05, 0) is 51.4 Å². The average molecular weight is 656 g/mol. The van der Waals surface area contributed by atoms with Crippen molar-refractivity contribution in [2.45, 2.75) is 136 Å². The molecular weight excluding hydrogens is 593 g/mol. The SMILES string of the molecule is CCCCC/C=C/C/C=C/C/C=C\C/C=C/CCCC(=O)O[C@H](COC(=O)CCCCCCCCC)COP(=O)(O)OCCN. The average Bonchev–Trinajstić information content (AvgIpc) is 3.02. The zero-order valence-electron chi connectivity index (χ0n) is 28.1. The van der Waals surface area contributed by atoms with E-state index in [1.165, 1.54) is 44.9 Å². The number of carbonyl (C=O) groups is 2. The monoisotopic (exact) mass is 655 g/mol. The molecule has 0 saturated carbocycles. The first-order valence-electron chi connectivity index (χ1n) is 17.1. The number of nitrogens with two attached hydrogens (primary N) is 1. The second kappa shape index (κ2) is 31.9. The van der Waals surface area contributed by atoms with Gasteiger partial charge in [0.2, 0.25) is 0 Å². The third-order valence-corrected chi connectivity index (χ3v) is 7.70. The van der Waals surface area contributed by atoms with Crippen molar-refractivity contribution in [1.82, 2.24) is 0 Å². The van der Waals surface area contributed by atoms with Crippen LogP contribution in [-0.4, -0.2) is 49.3 Å². The van der Waals surface area contributed by atoms with Crippen molar-refractivity contribution in [3.63, 3.8) is 0 Å². The van der Waals surface area contributed by atoms with Crippen LogP contribution in [0.5, 0.6) is 0 Å². The van der Waals surface area contributed by atoms with Crippen LogP contribution in [0.2, 0.25) is 0 Å². The molecule has 260 valence electrons. The normalized spacial score (nSPS) is 14.1. The molecule has 0 aromatic rings. The molecule has 0 spiro atoms. The van der Waals surface area contributed by atoms with E-state index in [0.717, 1.165) is 44.9 Å². The lowest BCUT2D eigenvalue weighted by atomic mass is 10.1. The van der Waals surface area contributed by atoms with Crippen molar-refractivity contribution in [2.24, 2.45) is 5.73 Å². The third-order valence-electron chi connectivity index (χ3n) is 6.72. The van der Waals surface area contributed by atoms with Crippen LogP contribution in [0.3, 0.4) is 0 Å². The molecular formula is C35H62NO8P. The Morgan fingerprint density at radius 2 is 1.18 bits per heavy atom. The number of phosphoric ester groups is 1. The van der Waals surface area contributed by atoms with E-state index >= 15 is 0 Å². The van der Waals surface area contributed by atoms with Gasteiger partial charge in [0.05, 0.1) is 13.2 Å². The van der Waals surface area contributed by atoms with Crippen LogP contribution in [0.4, 0.5) is 0 Å². The van der Waals surface area contributed by atoms with Gasteiger partial charge in [0.1, 0.15) is 6.61 Å². The Hall–Kier alpha value is -2.03. The van der Waals surface area contributed by atoms with Crippen molar-refractivity contribution in [3.05, 3.63) is 48.6 Å². The van der Waals surface area contributed by atoms with Crippen molar-refractivity contribution in [3.8, 4) is 0 Å². The predicted molar refractivity (Wildman–Crippen MR) is 183 cm³/mol. The maximum atomic E-state index is 12.4. The van der Waals surface area contributed by atoms with Gasteiger partial charge in [-0.25, -0.2) is 4.57 Å². The number of esters is 2. The Labute approximate surface area is 273 Å². The van der Waals surface area contributed by atoms with Crippen molar-refractivity contribution in [1.29, 1.82) is 0 Å². The highest BCUT2D eigenvalue weighted by atomic mass is 31.2. The summed E-state index contributed by atoms with van der Waals surface area (Å²) in [7, 11) is -4.38. The van der Waals surface area contributed by atoms with Gasteiger partial charge in [0.25, 0.3) is 0 Å². The number of hydrogen-bond donors (Lipinski definition) is 2. The van der Waals surface area contributed by atoms with Gasteiger partial charge in [-0.1, -0.05) is 114 Å². The van der Waals surface area contributed by atoms with E-state index in [1.807, 2.05) is 6.08 Å². The predicted octanol–water partition coefficient (Wildman–Crippen LogP) is 8.82. The first-order chi connectivity index (χ1) is 21.8. The lowest BCUT2D eigenvalue weighted by Gasteiger charge is -2.19. The molecule has 0 fully saturated rings. The Balaban J connectivity index is 4.37. The molecule has 9 nitrogen and oxygen atoms in total. The number of unbranched alkanes of at least 4 members (excludes halogenated alkanes) is 10. The van der Waals surface area contributed by atoms with E-state index < -0.39 is 32.5 Å². The van der Waals surface area contributed by atoms with Crippen LogP contribution in [0, 0.1) is 0 Å². The smallest absolute Gasteiger partial charge is 0.462 e. The van der Waals surface area contributed by atoms with Gasteiger partial charge in [-0.15, -0.1) is 0 Å². The van der Waals surface area contributed by atoms with E-state index in [0.29, 0.717) is 12.8 Å². The second-order valence-electron chi connectivity index (χ2n) is 11.0. The van der Waals surface area contributed by atoms with Crippen LogP contribution in [0.1, 0.15) is 129 Å². The standard InChI is InChI=1S/C35H62NO8P/c1-3-5-7-9-11-12-13-14-15-16-17-18-19-20-22-24-26-28-35(38)44-33(32-43-45(39,40)42-30-29-36)31-41-34(37)27-25-23-21-10-8-6-4-2/h11-12,14-15,17-18,20,22,33H,3-10,13,16,19,21,23-32,36H2,1-2H3,(H,39,40)/b12-11+,15-14+,18-17-,22-20+/t33-/m1/s1. The summed E-state index contributed by atoms with van der Waals surface area (Å²) in [5.74, 6) is -0.907. The minimum Gasteiger partial charge on any atom is -0.462 e. The minimum absolute atomic E-state index is 0.0436. The van der Waals surface area contributed by atoms with Crippen LogP contribution in [0.15, 0.2) is 48.6 Å². The molecule has 0 aromatic carbocycles. The van der Waals surface area contributed by atoms with Crippen LogP contribution >= 0.6 is 7.82 Å². The zero-order valence-corrected chi connectivity index (χ0v) is 29.0. The summed E-state index contributed by atoms with van der Waals surface area (Å²) in [6.45, 7) is 3.55. The summed E-state index contributed by atoms with van der Waals surface area (Å²) < 4.78 is 32.4. The Kier molecular flexibility index (Phi) is 30.5. The second-order valence-corrected chi connectivity index (χ2v) is 12.5. The van der Waals surface area contributed by atoms with E-state index in [1.54, 1.807) is 0 Å². The number of rotatable bonds is 31. The number of allylic oxidation sites excluding steroid dienone is 8. The number of carbonyl (C=O) groups excluding carboxylic acids is 2. The van der Waals surface area contributed by atoms with Crippen molar-refractivity contribution >= 4 is 19.8 Å². The lowest BCUT2D eigenvalue weighted by molar-refractivity contribution is -0.161. The summed E-state index contributed by atoms with van der Waals surface area (Å²) in [5, 5.41) is 0. The third kappa shape index (κ3) is 31.7. The van der Waals surface area contributed by atoms with Gasteiger partial charge in [0, 0.05) is 19.4 Å². The van der Waals surface area contributed by atoms with E-state index in [4.69, 9.17) is 24.3 Å². The Morgan fingerprint density at radius 1 is 0.667 bits per heavy atom. The number of ether oxygens (including phenoxy) is 2. The fraction of sp³-hybridized carbons (Fsp3) is 0.714. The molecule has 10 heteroatoms. The highest BCUT2D eigenvalue weighted by Gasteiger charge is 2.25. The lowest BCUT2D eigenvalue weighted by Crippen LogP contribution is -2.29. The van der Waals surface area contributed by atoms with E-state index in [2.05, 4.69) is 56.4 Å². The largest absolute Gasteiger partial charge is 0.472 e. The molecule has 0 aliphatic heterocycles. The molecule has 0 amide bonds. The maximum absolute atomic E-state index is 12.4. The minimum atomic E-state index is -4.38. The molecule has 0 saturated heterocycles. The summed E-state index contributed by atoms with van der Waals surface area (Å²) in [4.78, 5) is 34.4.